The Balaban J connectivity index is 2.51. The van der Waals surface area contributed by atoms with E-state index in [2.05, 4.69) is 0 Å². The van der Waals surface area contributed by atoms with E-state index in [-0.39, 0.29) is 5.78 Å². The lowest BCUT2D eigenvalue weighted by Crippen LogP contribution is -2.03. The lowest BCUT2D eigenvalue weighted by Gasteiger charge is -2.08. The van der Waals surface area contributed by atoms with E-state index >= 15 is 0 Å². The van der Waals surface area contributed by atoms with Gasteiger partial charge in [-0.25, -0.2) is 0 Å². The van der Waals surface area contributed by atoms with Crippen molar-refractivity contribution in [2.45, 2.75) is 64.2 Å². The Morgan fingerprint density at radius 3 is 2.06 bits per heavy atom. The SMILES string of the molecule is N#CSC=C1CCCCCCCCCCC1=O. The number of Topliss-reactive ketones (excluding diaryl/α,β-unsaturated/α-hetero) is 1. The van der Waals surface area contributed by atoms with Crippen LogP contribution in [-0.4, -0.2) is 5.78 Å². The van der Waals surface area contributed by atoms with Crippen LogP contribution >= 0.6 is 11.8 Å². The van der Waals surface area contributed by atoms with Crippen molar-refractivity contribution in [2.75, 3.05) is 0 Å². The molecular formula is C14H21NOS. The van der Waals surface area contributed by atoms with Gasteiger partial charge in [0.2, 0.25) is 0 Å². The van der Waals surface area contributed by atoms with Gasteiger partial charge in [0, 0.05) is 12.0 Å². The smallest absolute Gasteiger partial charge is 0.159 e. The van der Waals surface area contributed by atoms with Crippen molar-refractivity contribution in [1.82, 2.24) is 0 Å². The summed E-state index contributed by atoms with van der Waals surface area (Å²) in [4.78, 5) is 11.9. The van der Waals surface area contributed by atoms with E-state index < -0.39 is 0 Å². The maximum absolute atomic E-state index is 11.9. The van der Waals surface area contributed by atoms with Crippen LogP contribution in [0.25, 0.3) is 0 Å². The van der Waals surface area contributed by atoms with Gasteiger partial charge in [0.15, 0.2) is 5.78 Å². The van der Waals surface area contributed by atoms with Crippen molar-refractivity contribution in [2.24, 2.45) is 0 Å². The van der Waals surface area contributed by atoms with Gasteiger partial charge in [-0.05, 0) is 36.4 Å². The van der Waals surface area contributed by atoms with Gasteiger partial charge in [0.1, 0.15) is 5.40 Å². The molecule has 0 aromatic carbocycles. The van der Waals surface area contributed by atoms with Gasteiger partial charge >= 0.3 is 0 Å². The maximum atomic E-state index is 11.9. The van der Waals surface area contributed by atoms with Crippen molar-refractivity contribution in [3.8, 4) is 5.40 Å². The normalized spacial score (nSPS) is 22.5. The van der Waals surface area contributed by atoms with Crippen molar-refractivity contribution < 1.29 is 4.79 Å². The molecule has 2 nitrogen and oxygen atoms in total. The molecule has 0 aromatic rings. The van der Waals surface area contributed by atoms with E-state index in [1.807, 2.05) is 5.40 Å². The summed E-state index contributed by atoms with van der Waals surface area (Å²) >= 11 is 1.08. The number of hydrogen-bond donors (Lipinski definition) is 0. The summed E-state index contributed by atoms with van der Waals surface area (Å²) in [5.41, 5.74) is 0.872. The largest absolute Gasteiger partial charge is 0.295 e. The standard InChI is InChI=1S/C14H21NOS/c15-12-17-11-13-9-7-5-3-1-2-4-6-8-10-14(13)16/h11H,1-10H2. The molecule has 3 heteroatoms. The monoisotopic (exact) mass is 251 g/mol. The van der Waals surface area contributed by atoms with Gasteiger partial charge < -0.3 is 0 Å². The number of thioether (sulfide) groups is 1. The van der Waals surface area contributed by atoms with E-state index in [1.165, 1.54) is 38.5 Å². The van der Waals surface area contributed by atoms with Gasteiger partial charge in [-0.1, -0.05) is 38.5 Å². The average Bonchev–Trinajstić information content (AvgIpc) is 2.33. The average molecular weight is 251 g/mol. The molecule has 0 N–H and O–H groups in total. The molecule has 0 saturated heterocycles. The van der Waals surface area contributed by atoms with Crippen LogP contribution in [0.3, 0.4) is 0 Å². The lowest BCUT2D eigenvalue weighted by molar-refractivity contribution is -0.115. The molecule has 0 atom stereocenters. The summed E-state index contributed by atoms with van der Waals surface area (Å²) in [6.45, 7) is 0. The third kappa shape index (κ3) is 6.53. The van der Waals surface area contributed by atoms with Crippen LogP contribution in [0, 0.1) is 10.7 Å². The third-order valence-electron chi connectivity index (χ3n) is 3.21. The van der Waals surface area contributed by atoms with Gasteiger partial charge in [0.05, 0.1) is 0 Å². The molecule has 94 valence electrons. The Kier molecular flexibility index (Phi) is 7.83. The summed E-state index contributed by atoms with van der Waals surface area (Å²) in [7, 11) is 0. The molecule has 1 fully saturated rings. The number of rotatable bonds is 1. The highest BCUT2D eigenvalue weighted by Gasteiger charge is 2.10. The fraction of sp³-hybridized carbons (Fsp3) is 0.714. The number of carbonyl (C=O) groups is 1. The Morgan fingerprint density at radius 2 is 1.47 bits per heavy atom. The number of nitrogens with zero attached hydrogens (tertiary/aromatic N) is 1. The zero-order valence-electron chi connectivity index (χ0n) is 10.4. The van der Waals surface area contributed by atoms with Crippen LogP contribution in [0.5, 0.6) is 0 Å². The number of allylic oxidation sites excluding steroid dienone is 1. The van der Waals surface area contributed by atoms with Crippen LogP contribution in [-0.2, 0) is 4.79 Å². The summed E-state index contributed by atoms with van der Waals surface area (Å²) in [5, 5.41) is 12.3. The minimum atomic E-state index is 0.258. The Hall–Kier alpha value is -0.750. The lowest BCUT2D eigenvalue weighted by atomic mass is 9.97. The molecule has 1 saturated carbocycles. The molecule has 0 unspecified atom stereocenters. The van der Waals surface area contributed by atoms with E-state index in [9.17, 15) is 4.79 Å². The van der Waals surface area contributed by atoms with Crippen molar-refractivity contribution >= 4 is 17.5 Å². The number of thiocyanates is 1. The van der Waals surface area contributed by atoms with E-state index in [0.29, 0.717) is 6.42 Å². The molecule has 1 aliphatic carbocycles. The van der Waals surface area contributed by atoms with E-state index in [1.54, 1.807) is 5.41 Å². The first-order chi connectivity index (χ1) is 8.34. The highest BCUT2D eigenvalue weighted by Crippen LogP contribution is 2.20. The van der Waals surface area contributed by atoms with Gasteiger partial charge in [-0.2, -0.15) is 5.26 Å². The quantitative estimate of drug-likeness (QED) is 0.506. The minimum absolute atomic E-state index is 0.258. The Morgan fingerprint density at radius 1 is 0.941 bits per heavy atom. The predicted molar refractivity (Wildman–Crippen MR) is 72.5 cm³/mol. The molecular weight excluding hydrogens is 230 g/mol. The highest BCUT2D eigenvalue weighted by molar-refractivity contribution is 8.06. The van der Waals surface area contributed by atoms with Gasteiger partial charge in [-0.3, -0.25) is 4.79 Å². The fourth-order valence-electron chi connectivity index (χ4n) is 2.18. The van der Waals surface area contributed by atoms with Gasteiger partial charge in [0.25, 0.3) is 0 Å². The summed E-state index contributed by atoms with van der Waals surface area (Å²) < 4.78 is 0. The number of carbonyl (C=O) groups excluding carboxylic acids is 1. The molecule has 17 heavy (non-hydrogen) atoms. The van der Waals surface area contributed by atoms with Crippen LogP contribution < -0.4 is 0 Å². The minimum Gasteiger partial charge on any atom is -0.295 e. The zero-order chi connectivity index (χ0) is 12.3. The maximum Gasteiger partial charge on any atom is 0.159 e. The van der Waals surface area contributed by atoms with Crippen LogP contribution in [0.2, 0.25) is 0 Å². The highest BCUT2D eigenvalue weighted by atomic mass is 32.2. The number of nitriles is 1. The van der Waals surface area contributed by atoms with E-state index in [4.69, 9.17) is 5.26 Å². The first kappa shape index (κ1) is 14.3. The summed E-state index contributed by atoms with van der Waals surface area (Å²) in [5.74, 6) is 0.258. The third-order valence-corrected chi connectivity index (χ3v) is 3.72. The molecule has 0 heterocycles. The topological polar surface area (TPSA) is 40.9 Å². The Bertz CT molecular complexity index is 304. The van der Waals surface area contributed by atoms with Crippen molar-refractivity contribution in [1.29, 1.82) is 5.26 Å². The zero-order valence-corrected chi connectivity index (χ0v) is 11.2. The molecule has 0 aliphatic heterocycles. The summed E-state index contributed by atoms with van der Waals surface area (Å²) in [6, 6.07) is 0. The van der Waals surface area contributed by atoms with Crippen LogP contribution in [0.1, 0.15) is 64.2 Å². The van der Waals surface area contributed by atoms with Gasteiger partial charge in [-0.15, -0.1) is 0 Å². The fourth-order valence-corrected chi connectivity index (χ4v) is 2.63. The molecule has 0 bridgehead atoms. The predicted octanol–water partition coefficient (Wildman–Crippen LogP) is 4.57. The van der Waals surface area contributed by atoms with Crippen LogP contribution in [0.15, 0.2) is 11.0 Å². The number of ketones is 1. The first-order valence-electron chi connectivity index (χ1n) is 6.61. The second kappa shape index (κ2) is 9.30. The molecule has 0 amide bonds. The molecule has 0 aromatic heterocycles. The molecule has 1 aliphatic rings. The van der Waals surface area contributed by atoms with Crippen molar-refractivity contribution in [3.63, 3.8) is 0 Å². The molecule has 0 spiro atoms. The number of hydrogen-bond acceptors (Lipinski definition) is 3. The molecule has 0 radical (unpaired) electrons. The van der Waals surface area contributed by atoms with Crippen LogP contribution in [0.4, 0.5) is 0 Å². The van der Waals surface area contributed by atoms with Crippen molar-refractivity contribution in [3.05, 3.63) is 11.0 Å². The second-order valence-corrected chi connectivity index (χ2v) is 5.26. The molecule has 1 rings (SSSR count). The van der Waals surface area contributed by atoms with E-state index in [0.717, 1.165) is 36.6 Å². The first-order valence-corrected chi connectivity index (χ1v) is 7.49. The summed E-state index contributed by atoms with van der Waals surface area (Å²) in [6.07, 6.45) is 11.2. The second-order valence-electron chi connectivity index (χ2n) is 4.60. The Labute approximate surface area is 108 Å².